The Kier molecular flexibility index (Phi) is 5.19. The molecule has 0 spiro atoms. The molecule has 6 nitrogen and oxygen atoms in total. The number of amides is 1. The van der Waals surface area contributed by atoms with E-state index in [2.05, 4.69) is 5.32 Å². The van der Waals surface area contributed by atoms with Gasteiger partial charge in [0.1, 0.15) is 12.0 Å². The number of benzene rings is 1. The van der Waals surface area contributed by atoms with Gasteiger partial charge in [0, 0.05) is 12.6 Å². The number of carbonyl (C=O) groups is 2. The van der Waals surface area contributed by atoms with Gasteiger partial charge in [-0.2, -0.15) is 0 Å². The van der Waals surface area contributed by atoms with Crippen molar-refractivity contribution in [3.8, 4) is 5.75 Å². The Morgan fingerprint density at radius 1 is 1.27 bits per heavy atom. The minimum atomic E-state index is -1.12. The largest absolute Gasteiger partial charge is 0.497 e. The van der Waals surface area contributed by atoms with Crippen molar-refractivity contribution in [1.82, 2.24) is 5.32 Å². The summed E-state index contributed by atoms with van der Waals surface area (Å²) < 4.78 is 10.0. The summed E-state index contributed by atoms with van der Waals surface area (Å²) in [7, 11) is 1.62. The van der Waals surface area contributed by atoms with Crippen molar-refractivity contribution in [2.75, 3.05) is 13.7 Å². The van der Waals surface area contributed by atoms with Crippen LogP contribution >= 0.6 is 0 Å². The van der Waals surface area contributed by atoms with Crippen LogP contribution in [0.1, 0.15) is 32.9 Å². The molecule has 0 saturated heterocycles. The number of methoxy groups -OCH3 is 1. The molecule has 116 valence electrons. The van der Waals surface area contributed by atoms with Gasteiger partial charge in [-0.15, -0.1) is 0 Å². The zero-order valence-electron chi connectivity index (χ0n) is 12.2. The number of nitrogens with one attached hydrogen (secondary N) is 1. The summed E-state index contributed by atoms with van der Waals surface area (Å²) >= 11 is 0. The molecule has 6 heteroatoms. The number of carboxylic acid groups (broad SMARTS) is 1. The SMILES string of the molecule is COc1ccc(CCCNC(=O)c2cc(C(=O)O)co2)cc1. The lowest BCUT2D eigenvalue weighted by atomic mass is 10.1. The van der Waals surface area contributed by atoms with Crippen LogP contribution < -0.4 is 10.1 Å². The summed E-state index contributed by atoms with van der Waals surface area (Å²) in [4.78, 5) is 22.5. The number of carboxylic acids is 1. The lowest BCUT2D eigenvalue weighted by Crippen LogP contribution is -2.24. The maximum Gasteiger partial charge on any atom is 0.338 e. The normalized spacial score (nSPS) is 10.2. The molecule has 0 aliphatic rings. The second kappa shape index (κ2) is 7.31. The molecule has 1 heterocycles. The van der Waals surface area contributed by atoms with E-state index in [-0.39, 0.29) is 11.3 Å². The van der Waals surface area contributed by atoms with Gasteiger partial charge in [0.05, 0.1) is 12.7 Å². The predicted molar refractivity (Wildman–Crippen MR) is 79.3 cm³/mol. The van der Waals surface area contributed by atoms with Gasteiger partial charge in [0.2, 0.25) is 0 Å². The molecule has 0 bridgehead atoms. The van der Waals surface area contributed by atoms with Crippen LogP contribution in [0.3, 0.4) is 0 Å². The number of furan rings is 1. The van der Waals surface area contributed by atoms with E-state index in [1.807, 2.05) is 24.3 Å². The third kappa shape index (κ3) is 4.12. The summed E-state index contributed by atoms with van der Waals surface area (Å²) in [6.45, 7) is 0.480. The lowest BCUT2D eigenvalue weighted by Gasteiger charge is -2.05. The Hall–Kier alpha value is -2.76. The van der Waals surface area contributed by atoms with Crippen molar-refractivity contribution in [3.63, 3.8) is 0 Å². The Morgan fingerprint density at radius 3 is 2.59 bits per heavy atom. The minimum absolute atomic E-state index is 0.00171. The molecule has 0 aliphatic carbocycles. The van der Waals surface area contributed by atoms with Crippen LogP contribution in [-0.4, -0.2) is 30.6 Å². The van der Waals surface area contributed by atoms with Gasteiger partial charge in [-0.25, -0.2) is 4.79 Å². The average molecular weight is 303 g/mol. The first-order valence-corrected chi connectivity index (χ1v) is 6.83. The van der Waals surface area contributed by atoms with Crippen LogP contribution in [0.15, 0.2) is 41.0 Å². The molecule has 2 N–H and O–H groups in total. The first-order chi connectivity index (χ1) is 10.6. The number of hydrogen-bond donors (Lipinski definition) is 2. The maximum atomic E-state index is 11.8. The number of aryl methyl sites for hydroxylation is 1. The van der Waals surface area contributed by atoms with Crippen molar-refractivity contribution in [2.45, 2.75) is 12.8 Å². The summed E-state index contributed by atoms with van der Waals surface area (Å²) in [6.07, 6.45) is 2.64. The van der Waals surface area contributed by atoms with E-state index in [4.69, 9.17) is 14.3 Å². The van der Waals surface area contributed by atoms with Crippen molar-refractivity contribution in [1.29, 1.82) is 0 Å². The van der Waals surface area contributed by atoms with Gasteiger partial charge in [0.15, 0.2) is 5.76 Å². The van der Waals surface area contributed by atoms with Crippen LogP contribution in [-0.2, 0) is 6.42 Å². The zero-order chi connectivity index (χ0) is 15.9. The molecule has 1 amide bonds. The molecule has 0 atom stereocenters. The predicted octanol–water partition coefficient (Wildman–Crippen LogP) is 2.35. The first-order valence-electron chi connectivity index (χ1n) is 6.83. The molecular formula is C16H17NO5. The third-order valence-corrected chi connectivity index (χ3v) is 3.16. The van der Waals surface area contributed by atoms with Gasteiger partial charge in [-0.05, 0) is 30.5 Å². The fourth-order valence-electron chi connectivity index (χ4n) is 1.94. The van der Waals surface area contributed by atoms with E-state index in [0.29, 0.717) is 6.54 Å². The highest BCUT2D eigenvalue weighted by molar-refractivity contribution is 5.95. The Balaban J connectivity index is 1.75. The quantitative estimate of drug-likeness (QED) is 0.766. The van der Waals surface area contributed by atoms with E-state index in [9.17, 15) is 9.59 Å². The number of hydrogen-bond acceptors (Lipinski definition) is 4. The van der Waals surface area contributed by atoms with Crippen molar-refractivity contribution in [2.24, 2.45) is 0 Å². The highest BCUT2D eigenvalue weighted by Crippen LogP contribution is 2.12. The van der Waals surface area contributed by atoms with Crippen LogP contribution in [0.25, 0.3) is 0 Å². The van der Waals surface area contributed by atoms with E-state index in [1.54, 1.807) is 7.11 Å². The smallest absolute Gasteiger partial charge is 0.338 e. The van der Waals surface area contributed by atoms with Crippen molar-refractivity contribution in [3.05, 3.63) is 53.5 Å². The van der Waals surface area contributed by atoms with Crippen molar-refractivity contribution >= 4 is 11.9 Å². The molecule has 2 aromatic rings. The van der Waals surface area contributed by atoms with E-state index < -0.39 is 11.9 Å². The minimum Gasteiger partial charge on any atom is -0.497 e. The number of carbonyl (C=O) groups excluding carboxylic acids is 1. The third-order valence-electron chi connectivity index (χ3n) is 3.16. The molecule has 0 radical (unpaired) electrons. The van der Waals surface area contributed by atoms with E-state index >= 15 is 0 Å². The molecule has 0 fully saturated rings. The van der Waals surface area contributed by atoms with Crippen molar-refractivity contribution < 1.29 is 23.8 Å². The highest BCUT2D eigenvalue weighted by Gasteiger charge is 2.13. The van der Waals surface area contributed by atoms with Crippen LogP contribution in [0.4, 0.5) is 0 Å². The van der Waals surface area contributed by atoms with E-state index in [0.717, 1.165) is 30.4 Å². The second-order valence-electron chi connectivity index (χ2n) is 4.71. The number of ether oxygens (including phenoxy) is 1. The second-order valence-corrected chi connectivity index (χ2v) is 4.71. The Bertz CT molecular complexity index is 645. The monoisotopic (exact) mass is 303 g/mol. The fraction of sp³-hybridized carbons (Fsp3) is 0.250. The molecule has 0 aliphatic heterocycles. The topological polar surface area (TPSA) is 88.8 Å². The molecule has 0 unspecified atom stereocenters. The summed E-state index contributed by atoms with van der Waals surface area (Å²) in [5, 5.41) is 11.5. The van der Waals surface area contributed by atoms with E-state index in [1.165, 1.54) is 6.07 Å². The van der Waals surface area contributed by atoms with Crippen LogP contribution in [0.2, 0.25) is 0 Å². The fourth-order valence-corrected chi connectivity index (χ4v) is 1.94. The summed E-state index contributed by atoms with van der Waals surface area (Å²) in [5.41, 5.74) is 1.12. The molecule has 1 aromatic carbocycles. The lowest BCUT2D eigenvalue weighted by molar-refractivity contribution is 0.0696. The number of rotatable bonds is 7. The standard InChI is InChI=1S/C16H17NO5/c1-21-13-6-4-11(5-7-13)3-2-8-17-15(18)14-9-12(10-22-14)16(19)20/h4-7,9-10H,2-3,8H2,1H3,(H,17,18)(H,19,20). The number of aromatic carboxylic acids is 1. The molecular weight excluding hydrogens is 286 g/mol. The first kappa shape index (κ1) is 15.6. The maximum absolute atomic E-state index is 11.8. The molecule has 2 rings (SSSR count). The zero-order valence-corrected chi connectivity index (χ0v) is 12.2. The van der Waals surface area contributed by atoms with Gasteiger partial charge >= 0.3 is 5.97 Å². The summed E-state index contributed by atoms with van der Waals surface area (Å²) in [6, 6.07) is 8.95. The highest BCUT2D eigenvalue weighted by atomic mass is 16.5. The average Bonchev–Trinajstić information content (AvgIpc) is 3.02. The molecule has 1 aromatic heterocycles. The molecule has 22 heavy (non-hydrogen) atoms. The Labute approximate surface area is 127 Å². The summed E-state index contributed by atoms with van der Waals surface area (Å²) in [5.74, 6) is -0.726. The Morgan fingerprint density at radius 2 is 2.00 bits per heavy atom. The van der Waals surface area contributed by atoms with Crippen LogP contribution in [0.5, 0.6) is 5.75 Å². The van der Waals surface area contributed by atoms with Gasteiger partial charge in [-0.1, -0.05) is 12.1 Å². The molecule has 0 saturated carbocycles. The van der Waals surface area contributed by atoms with Crippen LogP contribution in [0, 0.1) is 0 Å². The van der Waals surface area contributed by atoms with Gasteiger partial charge < -0.3 is 19.6 Å². The van der Waals surface area contributed by atoms with Gasteiger partial charge in [-0.3, -0.25) is 4.79 Å². The van der Waals surface area contributed by atoms with Gasteiger partial charge in [0.25, 0.3) is 5.91 Å².